The summed E-state index contributed by atoms with van der Waals surface area (Å²) < 4.78 is 38.2. The molecule has 4 nitrogen and oxygen atoms in total. The number of alkyl halides is 3. The quantitative estimate of drug-likeness (QED) is 0.928. The van der Waals surface area contributed by atoms with Gasteiger partial charge in [0.15, 0.2) is 0 Å². The molecular formula is C14H21F3N4. The Morgan fingerprint density at radius 1 is 1.19 bits per heavy atom. The van der Waals surface area contributed by atoms with Gasteiger partial charge >= 0.3 is 6.18 Å². The predicted octanol–water partition coefficient (Wildman–Crippen LogP) is 3.48. The lowest BCUT2D eigenvalue weighted by Crippen LogP contribution is -2.40. The zero-order chi connectivity index (χ0) is 15.7. The van der Waals surface area contributed by atoms with Crippen molar-refractivity contribution in [2.24, 2.45) is 5.41 Å². The lowest BCUT2D eigenvalue weighted by atomic mass is 9.74. The molecule has 7 heteroatoms. The van der Waals surface area contributed by atoms with Crippen LogP contribution in [0.3, 0.4) is 0 Å². The van der Waals surface area contributed by atoms with Crippen molar-refractivity contribution in [1.82, 2.24) is 9.97 Å². The maximum absolute atomic E-state index is 12.7. The maximum atomic E-state index is 12.7. The van der Waals surface area contributed by atoms with E-state index in [9.17, 15) is 13.2 Å². The van der Waals surface area contributed by atoms with Gasteiger partial charge in [0.1, 0.15) is 11.6 Å². The van der Waals surface area contributed by atoms with Crippen LogP contribution in [0.15, 0.2) is 6.07 Å². The molecule has 1 aromatic heterocycles. The van der Waals surface area contributed by atoms with E-state index in [4.69, 9.17) is 5.73 Å². The number of nitrogens with two attached hydrogens (primary N) is 1. The van der Waals surface area contributed by atoms with Crippen molar-refractivity contribution in [3.63, 3.8) is 0 Å². The highest BCUT2D eigenvalue weighted by atomic mass is 19.4. The van der Waals surface area contributed by atoms with Crippen molar-refractivity contribution in [2.45, 2.75) is 45.7 Å². The Kier molecular flexibility index (Phi) is 4.30. The number of rotatable bonds is 3. The lowest BCUT2D eigenvalue weighted by Gasteiger charge is -2.41. The van der Waals surface area contributed by atoms with Crippen LogP contribution in [-0.4, -0.2) is 23.1 Å². The monoisotopic (exact) mass is 302 g/mol. The van der Waals surface area contributed by atoms with Gasteiger partial charge in [0.25, 0.3) is 0 Å². The average molecular weight is 302 g/mol. The smallest absolute Gasteiger partial charge is 0.384 e. The molecule has 0 aromatic carbocycles. The molecule has 118 valence electrons. The minimum absolute atomic E-state index is 0.143. The van der Waals surface area contributed by atoms with Crippen LogP contribution in [0.4, 0.5) is 24.8 Å². The topological polar surface area (TPSA) is 55.0 Å². The van der Waals surface area contributed by atoms with Crippen LogP contribution in [0.5, 0.6) is 0 Å². The zero-order valence-electron chi connectivity index (χ0n) is 12.4. The fourth-order valence-electron chi connectivity index (χ4n) is 2.91. The normalized spacial score (nSPS) is 18.8. The molecule has 0 radical (unpaired) electrons. The molecule has 0 atom stereocenters. The molecule has 0 saturated carbocycles. The van der Waals surface area contributed by atoms with E-state index in [1.54, 1.807) is 0 Å². The Hall–Kier alpha value is -1.53. The van der Waals surface area contributed by atoms with E-state index in [0.717, 1.165) is 25.7 Å². The van der Waals surface area contributed by atoms with Gasteiger partial charge in [0.2, 0.25) is 5.82 Å². The van der Waals surface area contributed by atoms with Gasteiger partial charge in [-0.05, 0) is 18.3 Å². The number of anilines is 2. The van der Waals surface area contributed by atoms with E-state index in [2.05, 4.69) is 23.8 Å². The van der Waals surface area contributed by atoms with Gasteiger partial charge < -0.3 is 10.6 Å². The summed E-state index contributed by atoms with van der Waals surface area (Å²) in [5.41, 5.74) is 5.80. The second kappa shape index (κ2) is 5.69. The highest BCUT2D eigenvalue weighted by molar-refractivity contribution is 5.47. The van der Waals surface area contributed by atoms with Crippen LogP contribution < -0.4 is 10.6 Å². The summed E-state index contributed by atoms with van der Waals surface area (Å²) in [7, 11) is 0. The number of piperidine rings is 1. The molecule has 0 bridgehead atoms. The van der Waals surface area contributed by atoms with Crippen molar-refractivity contribution >= 4 is 11.6 Å². The van der Waals surface area contributed by atoms with Crippen molar-refractivity contribution < 1.29 is 13.2 Å². The number of halogens is 3. The summed E-state index contributed by atoms with van der Waals surface area (Å²) >= 11 is 0. The second-order valence-electron chi connectivity index (χ2n) is 5.67. The van der Waals surface area contributed by atoms with Crippen molar-refractivity contribution in [2.75, 3.05) is 23.7 Å². The third kappa shape index (κ3) is 3.39. The van der Waals surface area contributed by atoms with Crippen LogP contribution >= 0.6 is 0 Å². The minimum Gasteiger partial charge on any atom is -0.384 e. The summed E-state index contributed by atoms with van der Waals surface area (Å²) in [5.74, 6) is -1.04. The molecule has 1 aliphatic heterocycles. The highest BCUT2D eigenvalue weighted by Crippen LogP contribution is 2.39. The van der Waals surface area contributed by atoms with Gasteiger partial charge in [-0.2, -0.15) is 13.2 Å². The van der Waals surface area contributed by atoms with Gasteiger partial charge in [0, 0.05) is 19.2 Å². The summed E-state index contributed by atoms with van der Waals surface area (Å²) in [6.45, 7) is 5.75. The molecule has 0 spiro atoms. The first-order chi connectivity index (χ1) is 9.79. The molecule has 0 aliphatic carbocycles. The van der Waals surface area contributed by atoms with Gasteiger partial charge in [0.05, 0.1) is 0 Å². The van der Waals surface area contributed by atoms with Crippen molar-refractivity contribution in [3.8, 4) is 0 Å². The molecule has 2 rings (SSSR count). The molecule has 0 amide bonds. The van der Waals surface area contributed by atoms with Gasteiger partial charge in [-0.3, -0.25) is 0 Å². The zero-order valence-corrected chi connectivity index (χ0v) is 12.4. The highest BCUT2D eigenvalue weighted by Gasteiger charge is 2.37. The third-order valence-corrected chi connectivity index (χ3v) is 4.63. The first-order valence-corrected chi connectivity index (χ1v) is 7.26. The SMILES string of the molecule is CCC1(CC)CCN(c2cc(N)nc(C(F)(F)F)n2)CC1. The van der Waals surface area contributed by atoms with Crippen molar-refractivity contribution in [1.29, 1.82) is 0 Å². The molecule has 1 fully saturated rings. The third-order valence-electron chi connectivity index (χ3n) is 4.63. The van der Waals surface area contributed by atoms with Gasteiger partial charge in [-0.15, -0.1) is 0 Å². The van der Waals surface area contributed by atoms with E-state index < -0.39 is 12.0 Å². The van der Waals surface area contributed by atoms with Crippen LogP contribution in [0, 0.1) is 5.41 Å². The van der Waals surface area contributed by atoms with Crippen molar-refractivity contribution in [3.05, 3.63) is 11.9 Å². The summed E-state index contributed by atoms with van der Waals surface area (Å²) in [5, 5.41) is 0. The first kappa shape index (κ1) is 15.9. The number of hydrogen-bond donors (Lipinski definition) is 1. The van der Waals surface area contributed by atoms with Gasteiger partial charge in [-0.1, -0.05) is 26.7 Å². The largest absolute Gasteiger partial charge is 0.451 e. The number of nitrogens with zero attached hydrogens (tertiary/aromatic N) is 3. The van der Waals surface area contributed by atoms with Crippen LogP contribution in [0.25, 0.3) is 0 Å². The number of hydrogen-bond acceptors (Lipinski definition) is 4. The van der Waals surface area contributed by atoms with Crippen LogP contribution in [0.1, 0.15) is 45.4 Å². The molecular weight excluding hydrogens is 281 g/mol. The lowest BCUT2D eigenvalue weighted by molar-refractivity contribution is -0.144. The Bertz CT molecular complexity index is 487. The van der Waals surface area contributed by atoms with E-state index >= 15 is 0 Å². The summed E-state index contributed by atoms with van der Waals surface area (Å²) in [4.78, 5) is 8.79. The fourth-order valence-corrected chi connectivity index (χ4v) is 2.91. The summed E-state index contributed by atoms with van der Waals surface area (Å²) in [6.07, 6.45) is -0.457. The standard InChI is InChI=1S/C14H21F3N4/c1-3-13(4-2)5-7-21(8-6-13)11-9-10(18)19-12(20-11)14(15,16)17/h9H,3-8H2,1-2H3,(H2,18,19,20). The fraction of sp³-hybridized carbons (Fsp3) is 0.714. The van der Waals surface area contributed by atoms with E-state index in [1.807, 2.05) is 4.90 Å². The molecule has 2 heterocycles. The Labute approximate surface area is 122 Å². The maximum Gasteiger partial charge on any atom is 0.451 e. The molecule has 21 heavy (non-hydrogen) atoms. The number of nitrogen functional groups attached to an aromatic ring is 1. The molecule has 1 aromatic rings. The van der Waals surface area contributed by atoms with Crippen LogP contribution in [-0.2, 0) is 6.18 Å². The molecule has 0 unspecified atom stereocenters. The van der Waals surface area contributed by atoms with Gasteiger partial charge in [-0.25, -0.2) is 9.97 Å². The Morgan fingerprint density at radius 2 is 1.76 bits per heavy atom. The number of aromatic nitrogens is 2. The Morgan fingerprint density at radius 3 is 2.24 bits per heavy atom. The first-order valence-electron chi connectivity index (χ1n) is 7.26. The average Bonchev–Trinajstić information content (AvgIpc) is 2.46. The predicted molar refractivity (Wildman–Crippen MR) is 75.9 cm³/mol. The molecule has 2 N–H and O–H groups in total. The van der Waals surface area contributed by atoms with E-state index in [0.29, 0.717) is 18.5 Å². The Balaban J connectivity index is 2.19. The van der Waals surface area contributed by atoms with Crippen LogP contribution in [0.2, 0.25) is 0 Å². The minimum atomic E-state index is -4.57. The summed E-state index contributed by atoms with van der Waals surface area (Å²) in [6, 6.07) is 1.42. The molecule has 1 saturated heterocycles. The van der Waals surface area contributed by atoms with E-state index in [1.165, 1.54) is 6.07 Å². The second-order valence-corrected chi connectivity index (χ2v) is 5.67. The van der Waals surface area contributed by atoms with E-state index in [-0.39, 0.29) is 11.6 Å². The molecule has 1 aliphatic rings.